The number of aryl methyl sites for hydroxylation is 1. The molecule has 0 saturated heterocycles. The van der Waals surface area contributed by atoms with Gasteiger partial charge in [-0.3, -0.25) is 38.0 Å². The highest BCUT2D eigenvalue weighted by Gasteiger charge is 2.29. The highest BCUT2D eigenvalue weighted by molar-refractivity contribution is 5.26. The minimum atomic E-state index is -0.499. The zero-order chi connectivity index (χ0) is 81.0. The minimum Gasteiger partial charge on any atom is -0.393 e. The summed E-state index contributed by atoms with van der Waals surface area (Å²) < 4.78 is 25.5. The molecule has 10 atom stereocenters. The van der Waals surface area contributed by atoms with E-state index in [1.54, 1.807) is 19.2 Å². The van der Waals surface area contributed by atoms with Crippen molar-refractivity contribution in [3.8, 4) is 24.0 Å². The van der Waals surface area contributed by atoms with Crippen LogP contribution in [0.3, 0.4) is 0 Å². The first-order chi connectivity index (χ1) is 53.0. The highest BCUT2D eigenvalue weighted by Crippen LogP contribution is 2.35. The number of hydrogen-bond acceptors (Lipinski definition) is 12. The third kappa shape index (κ3) is 27.3. The molecule has 111 heavy (non-hydrogen) atoms. The quantitative estimate of drug-likeness (QED) is 0.0813. The van der Waals surface area contributed by atoms with Crippen molar-refractivity contribution in [3.05, 3.63) is 217 Å². The molecule has 7 aromatic heterocycles. The van der Waals surface area contributed by atoms with Crippen LogP contribution in [-0.4, -0.2) is 59.6 Å². The van der Waals surface area contributed by atoms with Crippen molar-refractivity contribution in [1.82, 2.24) is 37.2 Å². The van der Waals surface area contributed by atoms with E-state index in [0.717, 1.165) is 175 Å². The number of aliphatic hydroxyl groups excluding tert-OH is 2. The monoisotopic (exact) mass is 1520 g/mol. The third-order valence-electron chi connectivity index (χ3n) is 21.7. The SMILES string of the molecule is CC(C)Cc1cccn(-c2nn(C)cc2F)c1=O.CC(C)Cc1cccn(C2CCCC(C#N)C2)c1=O.CC(C)Cc1cccn(C2CCCC(O)C2)c1=O.CC(C)Cc1cccn([C@@H]2CCC[C@H](C#N)C2)c1=O.CC(C)Cc1cccn([C@@H]2CCC[C@H](O)C2)c1=O.CC(C)Cc1cccn([C@H]2CCC[C@@H](C#N)C2)c1=O. The molecule has 7 heterocycles. The summed E-state index contributed by atoms with van der Waals surface area (Å²) >= 11 is 0. The van der Waals surface area contributed by atoms with E-state index in [2.05, 4.69) is 92.5 Å². The van der Waals surface area contributed by atoms with Crippen molar-refractivity contribution in [2.75, 3.05) is 0 Å². The van der Waals surface area contributed by atoms with E-state index in [1.165, 1.54) is 21.6 Å². The van der Waals surface area contributed by atoms with E-state index in [9.17, 15) is 43.4 Å². The number of nitriles is 3. The Labute approximate surface area is 658 Å². The van der Waals surface area contributed by atoms with E-state index in [4.69, 9.17) is 15.8 Å². The second kappa shape index (κ2) is 44.5. The molecule has 12 rings (SSSR count). The lowest BCUT2D eigenvalue weighted by Gasteiger charge is -2.27. The van der Waals surface area contributed by atoms with Gasteiger partial charge in [0.15, 0.2) is 11.6 Å². The largest absolute Gasteiger partial charge is 0.393 e. The second-order valence-corrected chi connectivity index (χ2v) is 34.4. The Morgan fingerprint density at radius 2 is 0.604 bits per heavy atom. The predicted octanol–water partition coefficient (Wildman–Crippen LogP) is 16.9. The van der Waals surface area contributed by atoms with Crippen molar-refractivity contribution in [2.45, 2.75) is 292 Å². The molecule has 7 aromatic rings. The van der Waals surface area contributed by atoms with Gasteiger partial charge in [0.25, 0.3) is 33.4 Å². The average molecular weight is 1520 g/mol. The molecule has 19 nitrogen and oxygen atoms in total. The molecule has 5 fully saturated rings. The summed E-state index contributed by atoms with van der Waals surface area (Å²) in [5.41, 5.74) is 5.64. The number of aromatic nitrogens is 8. The van der Waals surface area contributed by atoms with Crippen molar-refractivity contribution in [2.24, 2.45) is 60.3 Å². The fourth-order valence-corrected chi connectivity index (χ4v) is 16.5. The molecule has 5 aliphatic carbocycles. The summed E-state index contributed by atoms with van der Waals surface area (Å²) in [7, 11) is 1.62. The van der Waals surface area contributed by atoms with Crippen LogP contribution < -0.4 is 33.4 Å². The molecule has 0 amide bonds. The van der Waals surface area contributed by atoms with Gasteiger partial charge in [0.05, 0.1) is 36.6 Å². The maximum absolute atomic E-state index is 13.6. The number of halogens is 1. The first-order valence-corrected chi connectivity index (χ1v) is 41.4. The van der Waals surface area contributed by atoms with Crippen LogP contribution in [0, 0.1) is 93.1 Å². The number of aliphatic hydroxyl groups is 2. The molecular weight excluding hydrogens is 1390 g/mol. The first-order valence-electron chi connectivity index (χ1n) is 41.4. The van der Waals surface area contributed by atoms with Gasteiger partial charge in [0.1, 0.15) is 0 Å². The Balaban J connectivity index is 0.000000185. The van der Waals surface area contributed by atoms with Crippen LogP contribution in [0.2, 0.25) is 0 Å². The number of nitrogens with zero attached hydrogens (tertiary/aromatic N) is 11. The Hall–Kier alpha value is -8.77. The zero-order valence-corrected chi connectivity index (χ0v) is 68.7. The molecule has 20 heteroatoms. The van der Waals surface area contributed by atoms with Gasteiger partial charge in [-0.25, -0.2) is 4.39 Å². The summed E-state index contributed by atoms with van der Waals surface area (Å²) in [5.74, 6) is 2.70. The predicted molar refractivity (Wildman–Crippen MR) is 440 cm³/mol. The summed E-state index contributed by atoms with van der Waals surface area (Å²) in [4.78, 5) is 74.4. The molecule has 602 valence electrons. The van der Waals surface area contributed by atoms with Gasteiger partial charge >= 0.3 is 0 Å². The van der Waals surface area contributed by atoms with Crippen molar-refractivity contribution >= 4 is 0 Å². The molecule has 4 unspecified atom stereocenters. The van der Waals surface area contributed by atoms with Crippen molar-refractivity contribution in [1.29, 1.82) is 15.8 Å². The molecule has 2 N–H and O–H groups in total. The first kappa shape index (κ1) is 89.4. The van der Waals surface area contributed by atoms with Gasteiger partial charge in [0, 0.05) is 126 Å². The summed E-state index contributed by atoms with van der Waals surface area (Å²) in [6.07, 6.45) is 35.3. The molecule has 0 radical (unpaired) electrons. The van der Waals surface area contributed by atoms with Crippen LogP contribution in [0.4, 0.5) is 4.39 Å². The van der Waals surface area contributed by atoms with E-state index < -0.39 is 5.82 Å². The summed E-state index contributed by atoms with van der Waals surface area (Å²) in [5, 5.41) is 50.6. The molecule has 5 aliphatic rings. The van der Waals surface area contributed by atoms with Gasteiger partial charge in [-0.05, 0) is 220 Å². The smallest absolute Gasteiger partial charge is 0.259 e. The normalized spacial score (nSPS) is 21.7. The molecule has 5 saturated carbocycles. The topological polar surface area (TPSA) is 262 Å². The molecule has 0 aliphatic heterocycles. The second-order valence-electron chi connectivity index (χ2n) is 34.4. The number of rotatable bonds is 18. The van der Waals surface area contributed by atoms with Crippen molar-refractivity contribution in [3.63, 3.8) is 0 Å². The lowest BCUT2D eigenvalue weighted by Crippen LogP contribution is -2.31. The van der Waals surface area contributed by atoms with Gasteiger partial charge in [-0.15, -0.1) is 0 Å². The van der Waals surface area contributed by atoms with E-state index in [1.807, 2.05) is 128 Å². The molecule has 0 bridgehead atoms. The number of hydrogen-bond donors (Lipinski definition) is 2. The van der Waals surface area contributed by atoms with E-state index >= 15 is 0 Å². The Morgan fingerprint density at radius 1 is 0.369 bits per heavy atom. The van der Waals surface area contributed by atoms with Gasteiger partial charge in [-0.2, -0.15) is 20.9 Å². The Kier molecular flexibility index (Phi) is 35.8. The maximum Gasteiger partial charge on any atom is 0.259 e. The van der Waals surface area contributed by atoms with Crippen molar-refractivity contribution < 1.29 is 14.6 Å². The average Bonchev–Trinajstić information content (AvgIpc) is 1.79. The molecule has 0 spiro atoms. The Morgan fingerprint density at radius 3 is 0.829 bits per heavy atom. The van der Waals surface area contributed by atoms with E-state index in [0.29, 0.717) is 60.3 Å². The minimum absolute atomic E-state index is 0.0492. The van der Waals surface area contributed by atoms with Crippen LogP contribution in [0.5, 0.6) is 0 Å². The summed E-state index contributed by atoms with van der Waals surface area (Å²) in [6, 6.07) is 31.0. The summed E-state index contributed by atoms with van der Waals surface area (Å²) in [6.45, 7) is 25.4. The number of pyridine rings is 6. The molecular formula is C91H128FN11O8. The fraction of sp³-hybridized carbons (Fsp3) is 0.604. The zero-order valence-electron chi connectivity index (χ0n) is 68.7. The van der Waals surface area contributed by atoms with E-state index in [-0.39, 0.29) is 99.3 Å². The third-order valence-corrected chi connectivity index (χ3v) is 21.7. The van der Waals surface area contributed by atoms with Crippen LogP contribution in [-0.2, 0) is 45.6 Å². The highest BCUT2D eigenvalue weighted by atomic mass is 19.1. The lowest BCUT2D eigenvalue weighted by molar-refractivity contribution is 0.102. The van der Waals surface area contributed by atoms with Gasteiger partial charge in [0.2, 0.25) is 0 Å². The Bertz CT molecular complexity index is 4250. The fourth-order valence-electron chi connectivity index (χ4n) is 16.5. The molecule has 0 aromatic carbocycles. The van der Waals surface area contributed by atoms with Crippen LogP contribution in [0.25, 0.3) is 5.82 Å². The standard InChI is InChI=1S/3C16H22N2O.2C15H23NO2.C13H16FN3O/c3*1-12(2)9-14-6-4-8-18(16(14)19)15-7-3-5-13(10-15)11-17;2*1-11(2)9-12-5-4-8-16(15(12)18)13-6-3-7-14(17)10-13;1-9(2)7-10-5-4-6-17(13(10)18)12-11(14)8-16(3)15-12/h3*4,6,8,12-13,15H,3,5,7,9-10H2,1-2H3;2*4-5,8,11,13-14,17H,3,6-7,9-10H2,1-2H3;4-6,8-9H,7H2,1-3H3/t2*13-,15+;;13-,14+;;/m10.1../s1. The maximum atomic E-state index is 13.6. The lowest BCUT2D eigenvalue weighted by atomic mass is 9.86. The van der Waals surface area contributed by atoms with Crippen LogP contribution >= 0.6 is 0 Å². The van der Waals surface area contributed by atoms with Gasteiger partial charge < -0.3 is 33.0 Å². The van der Waals surface area contributed by atoms with Gasteiger partial charge in [-0.1, -0.05) is 139 Å². The van der Waals surface area contributed by atoms with Crippen LogP contribution in [0.1, 0.15) is 275 Å². The van der Waals surface area contributed by atoms with Crippen LogP contribution in [0.15, 0.2) is 145 Å².